The molecule has 0 N–H and O–H groups in total. The summed E-state index contributed by atoms with van der Waals surface area (Å²) < 4.78 is 42.2. The zero-order valence-corrected chi connectivity index (χ0v) is 14.2. The molecule has 0 saturated carbocycles. The number of anilines is 1. The van der Waals surface area contributed by atoms with Crippen molar-refractivity contribution in [2.45, 2.75) is 6.04 Å². The third-order valence-electron chi connectivity index (χ3n) is 3.88. The number of amides is 1. The highest BCUT2D eigenvalue weighted by molar-refractivity contribution is 7.94. The van der Waals surface area contributed by atoms with Crippen molar-refractivity contribution in [2.75, 3.05) is 17.8 Å². The van der Waals surface area contributed by atoms with E-state index in [1.54, 1.807) is 24.3 Å². The SMILES string of the molecule is COc1ccc(N(C(=O)c2cccc(F)c2)[C@@H]2C=CS(=O)(=O)C2)cc1. The molecular formula is C18H16FNO4S. The van der Waals surface area contributed by atoms with E-state index in [1.807, 2.05) is 0 Å². The van der Waals surface area contributed by atoms with Gasteiger partial charge in [-0.3, -0.25) is 4.79 Å². The standard InChI is InChI=1S/C18H16FNO4S/c1-24-17-7-5-15(6-8-17)20(16-9-10-25(22,23)12-16)18(21)13-3-2-4-14(19)11-13/h2-11,16H,12H2,1H3/t16-/m1/s1. The molecule has 0 bridgehead atoms. The molecule has 0 spiro atoms. The van der Waals surface area contributed by atoms with Gasteiger partial charge in [-0.2, -0.15) is 0 Å². The number of methoxy groups -OCH3 is 1. The Labute approximate surface area is 145 Å². The predicted octanol–water partition coefficient (Wildman–Crippen LogP) is 2.79. The van der Waals surface area contributed by atoms with E-state index in [-0.39, 0.29) is 11.3 Å². The predicted molar refractivity (Wildman–Crippen MR) is 92.9 cm³/mol. The van der Waals surface area contributed by atoms with Crippen LogP contribution in [0.4, 0.5) is 10.1 Å². The van der Waals surface area contributed by atoms with Gasteiger partial charge in [0.1, 0.15) is 11.6 Å². The molecule has 1 amide bonds. The van der Waals surface area contributed by atoms with Crippen LogP contribution >= 0.6 is 0 Å². The lowest BCUT2D eigenvalue weighted by atomic mass is 10.1. The topological polar surface area (TPSA) is 63.7 Å². The van der Waals surface area contributed by atoms with E-state index in [0.717, 1.165) is 11.5 Å². The van der Waals surface area contributed by atoms with Gasteiger partial charge in [0.15, 0.2) is 9.84 Å². The molecule has 1 heterocycles. The summed E-state index contributed by atoms with van der Waals surface area (Å²) in [6, 6.07) is 11.3. The van der Waals surface area contributed by atoms with Gasteiger partial charge in [-0.25, -0.2) is 12.8 Å². The Bertz CT molecular complexity index is 922. The molecule has 0 aromatic heterocycles. The maximum atomic E-state index is 13.5. The van der Waals surface area contributed by atoms with Crippen molar-refractivity contribution in [2.24, 2.45) is 0 Å². The average molecular weight is 361 g/mol. The monoisotopic (exact) mass is 361 g/mol. The number of halogens is 1. The number of hydrogen-bond acceptors (Lipinski definition) is 4. The molecule has 0 saturated heterocycles. The normalized spacial score (nSPS) is 18.1. The van der Waals surface area contributed by atoms with Crippen molar-refractivity contribution in [3.8, 4) is 5.75 Å². The van der Waals surface area contributed by atoms with Gasteiger partial charge in [-0.1, -0.05) is 6.07 Å². The van der Waals surface area contributed by atoms with Gasteiger partial charge >= 0.3 is 0 Å². The van der Waals surface area contributed by atoms with E-state index >= 15 is 0 Å². The minimum atomic E-state index is -3.36. The van der Waals surface area contributed by atoms with E-state index in [2.05, 4.69) is 0 Å². The minimum Gasteiger partial charge on any atom is -0.497 e. The van der Waals surface area contributed by atoms with Gasteiger partial charge in [0.05, 0.1) is 18.9 Å². The summed E-state index contributed by atoms with van der Waals surface area (Å²) in [6.45, 7) is 0. The first-order chi connectivity index (χ1) is 11.9. The quantitative estimate of drug-likeness (QED) is 0.840. The van der Waals surface area contributed by atoms with Crippen LogP contribution in [0.25, 0.3) is 0 Å². The molecule has 2 aromatic carbocycles. The minimum absolute atomic E-state index is 0.147. The van der Waals surface area contributed by atoms with Crippen LogP contribution < -0.4 is 9.64 Å². The summed E-state index contributed by atoms with van der Waals surface area (Å²) in [7, 11) is -1.83. The van der Waals surface area contributed by atoms with Crippen LogP contribution in [0.3, 0.4) is 0 Å². The first-order valence-electron chi connectivity index (χ1n) is 7.54. The summed E-state index contributed by atoms with van der Waals surface area (Å²) >= 11 is 0. The smallest absolute Gasteiger partial charge is 0.258 e. The number of benzene rings is 2. The molecule has 1 aliphatic heterocycles. The van der Waals surface area contributed by atoms with Crippen LogP contribution in [0.15, 0.2) is 60.0 Å². The van der Waals surface area contributed by atoms with Crippen LogP contribution in [0, 0.1) is 5.82 Å². The number of hydrogen-bond donors (Lipinski definition) is 0. The highest BCUT2D eigenvalue weighted by atomic mass is 32.2. The highest BCUT2D eigenvalue weighted by Crippen LogP contribution is 2.27. The van der Waals surface area contributed by atoms with Crippen molar-refractivity contribution in [3.63, 3.8) is 0 Å². The lowest BCUT2D eigenvalue weighted by Gasteiger charge is -2.28. The largest absolute Gasteiger partial charge is 0.497 e. The molecule has 0 aliphatic carbocycles. The number of nitrogens with zero attached hydrogens (tertiary/aromatic N) is 1. The van der Waals surface area contributed by atoms with Crippen molar-refractivity contribution in [3.05, 3.63) is 71.4 Å². The van der Waals surface area contributed by atoms with E-state index < -0.39 is 27.6 Å². The molecule has 0 fully saturated rings. The molecule has 7 heteroatoms. The van der Waals surface area contributed by atoms with E-state index in [9.17, 15) is 17.6 Å². The Morgan fingerprint density at radius 3 is 2.48 bits per heavy atom. The summed E-state index contributed by atoms with van der Waals surface area (Å²) in [5.41, 5.74) is 0.648. The second kappa shape index (κ2) is 6.68. The van der Waals surface area contributed by atoms with Crippen LogP contribution in [0.1, 0.15) is 10.4 Å². The van der Waals surface area contributed by atoms with Crippen LogP contribution in [0.2, 0.25) is 0 Å². The zero-order chi connectivity index (χ0) is 18.0. The van der Waals surface area contributed by atoms with Crippen molar-refractivity contribution < 1.29 is 22.3 Å². The Kier molecular flexibility index (Phi) is 4.59. The fourth-order valence-electron chi connectivity index (χ4n) is 2.68. The first kappa shape index (κ1) is 17.2. The van der Waals surface area contributed by atoms with Crippen molar-refractivity contribution >= 4 is 21.4 Å². The van der Waals surface area contributed by atoms with Gasteiger partial charge in [-0.05, 0) is 48.5 Å². The number of carbonyl (C=O) groups excluding carboxylic acids is 1. The van der Waals surface area contributed by atoms with E-state index in [4.69, 9.17) is 4.74 Å². The molecule has 1 aliphatic rings. The molecule has 25 heavy (non-hydrogen) atoms. The van der Waals surface area contributed by atoms with Crippen molar-refractivity contribution in [1.82, 2.24) is 0 Å². The van der Waals surface area contributed by atoms with Crippen LogP contribution in [-0.4, -0.2) is 33.2 Å². The first-order valence-corrected chi connectivity index (χ1v) is 9.25. The molecule has 0 unspecified atom stereocenters. The van der Waals surface area contributed by atoms with E-state index in [1.165, 1.54) is 36.3 Å². The second-order valence-corrected chi connectivity index (χ2v) is 7.54. The zero-order valence-electron chi connectivity index (χ0n) is 13.4. The molecule has 5 nitrogen and oxygen atoms in total. The fourth-order valence-corrected chi connectivity index (χ4v) is 3.95. The van der Waals surface area contributed by atoms with Crippen LogP contribution in [0.5, 0.6) is 5.75 Å². The molecule has 1 atom stereocenters. The third-order valence-corrected chi connectivity index (χ3v) is 5.26. The lowest BCUT2D eigenvalue weighted by molar-refractivity contribution is 0.0982. The Morgan fingerprint density at radius 1 is 1.20 bits per heavy atom. The van der Waals surface area contributed by atoms with Gasteiger partial charge < -0.3 is 9.64 Å². The van der Waals surface area contributed by atoms with Crippen molar-refractivity contribution in [1.29, 1.82) is 0 Å². The molecule has 130 valence electrons. The summed E-state index contributed by atoms with van der Waals surface area (Å²) in [4.78, 5) is 14.3. The average Bonchev–Trinajstić information content (AvgIpc) is 2.95. The highest BCUT2D eigenvalue weighted by Gasteiger charge is 2.32. The Balaban J connectivity index is 2.02. The number of ether oxygens (including phenoxy) is 1. The number of sulfone groups is 1. The molecule has 3 rings (SSSR count). The Morgan fingerprint density at radius 2 is 1.92 bits per heavy atom. The lowest BCUT2D eigenvalue weighted by Crippen LogP contribution is -2.41. The molecule has 0 radical (unpaired) electrons. The molecular weight excluding hydrogens is 345 g/mol. The maximum Gasteiger partial charge on any atom is 0.258 e. The van der Waals surface area contributed by atoms with Crippen LogP contribution in [-0.2, 0) is 9.84 Å². The van der Waals surface area contributed by atoms with Gasteiger partial charge in [0.2, 0.25) is 0 Å². The summed E-state index contributed by atoms with van der Waals surface area (Å²) in [5, 5.41) is 1.10. The number of carbonyl (C=O) groups is 1. The maximum absolute atomic E-state index is 13.5. The Hall–Kier alpha value is -2.67. The summed E-state index contributed by atoms with van der Waals surface area (Å²) in [5.74, 6) is -0.608. The third kappa shape index (κ3) is 3.71. The second-order valence-electron chi connectivity index (χ2n) is 5.61. The fraction of sp³-hybridized carbons (Fsp3) is 0.167. The number of rotatable bonds is 4. The van der Waals surface area contributed by atoms with Gasteiger partial charge in [0, 0.05) is 16.7 Å². The molecule has 2 aromatic rings. The van der Waals surface area contributed by atoms with E-state index in [0.29, 0.717) is 11.4 Å². The van der Waals surface area contributed by atoms with Gasteiger partial charge in [0.25, 0.3) is 5.91 Å². The van der Waals surface area contributed by atoms with Gasteiger partial charge in [-0.15, -0.1) is 0 Å². The summed E-state index contributed by atoms with van der Waals surface area (Å²) in [6.07, 6.45) is 1.47.